The fraction of sp³-hybridized carbons (Fsp3) is 0.727. The average Bonchev–Trinajstić information content (AvgIpc) is 3.34. The first-order chi connectivity index (χ1) is 20.5. The van der Waals surface area contributed by atoms with Crippen LogP contribution in [-0.4, -0.2) is 161 Å². The molecule has 1 aromatic rings. The molecule has 1 amide bonds. The minimum atomic E-state index is -5.20. The van der Waals surface area contributed by atoms with Gasteiger partial charge in [0, 0.05) is 32.4 Å². The second-order valence-corrected chi connectivity index (χ2v) is 11.8. The molecule has 0 bridgehead atoms. The van der Waals surface area contributed by atoms with Crippen LogP contribution in [0.1, 0.15) is 6.23 Å². The Morgan fingerprint density at radius 3 is 2.36 bits per heavy atom. The fourth-order valence-corrected chi connectivity index (χ4v) is 6.20. The second kappa shape index (κ2) is 13.0. The summed E-state index contributed by atoms with van der Waals surface area (Å²) < 4.78 is 34.2. The molecule has 0 saturated carbocycles. The maximum Gasteiger partial charge on any atom is 0.470 e. The van der Waals surface area contributed by atoms with Gasteiger partial charge in [-0.15, -0.1) is 0 Å². The summed E-state index contributed by atoms with van der Waals surface area (Å²) in [6.07, 6.45) is -16.6. The molecule has 0 radical (unpaired) electrons. The number of nitrogens with one attached hydrogen (secondary N) is 1. The van der Waals surface area contributed by atoms with E-state index in [2.05, 4.69) is 4.52 Å². The lowest BCUT2D eigenvalue weighted by Crippen LogP contribution is -2.59. The zero-order valence-electron chi connectivity index (χ0n) is 23.2. The van der Waals surface area contributed by atoms with E-state index in [-0.39, 0.29) is 0 Å². The molecule has 0 spiro atoms. The molecule has 21 nitrogen and oxygen atoms in total. The first-order valence-electron chi connectivity index (χ1n) is 13.1. The number of hydrogen-bond donors (Lipinski definition) is 9. The van der Waals surface area contributed by atoms with E-state index in [9.17, 15) is 59.1 Å². The molecule has 1 aromatic heterocycles. The number of aromatic amines is 1. The Morgan fingerprint density at radius 2 is 1.80 bits per heavy atom. The van der Waals surface area contributed by atoms with Gasteiger partial charge in [-0.25, -0.2) is 14.2 Å². The number of phosphoric acid groups is 1. The number of carboxylic acid groups (broad SMARTS) is 1. The summed E-state index contributed by atoms with van der Waals surface area (Å²) in [7, 11) is -2.80. The number of ether oxygens (including phenoxy) is 3. The lowest BCUT2D eigenvalue weighted by Gasteiger charge is -2.38. The van der Waals surface area contributed by atoms with Gasteiger partial charge in [-0.2, -0.15) is 0 Å². The maximum absolute atomic E-state index is 13.8. The molecule has 0 aliphatic carbocycles. The van der Waals surface area contributed by atoms with Crippen molar-refractivity contribution >= 4 is 19.7 Å². The summed E-state index contributed by atoms with van der Waals surface area (Å²) in [6.45, 7) is -0.878. The predicted molar refractivity (Wildman–Crippen MR) is 139 cm³/mol. The first kappa shape index (κ1) is 34.2. The van der Waals surface area contributed by atoms with Crippen molar-refractivity contribution in [1.29, 1.82) is 0 Å². The lowest BCUT2D eigenvalue weighted by atomic mass is 9.97. The monoisotopic (exact) mass is 655 g/mol. The third-order valence-electron chi connectivity index (χ3n) is 7.69. The summed E-state index contributed by atoms with van der Waals surface area (Å²) in [6, 6.07) is -2.42. The number of aliphatic carboxylic acids is 1. The molecule has 3 aliphatic rings. The molecule has 248 valence electrons. The van der Waals surface area contributed by atoms with E-state index in [1.165, 1.54) is 11.9 Å². The molecule has 4 rings (SSSR count). The third-order valence-corrected chi connectivity index (χ3v) is 8.21. The minimum Gasteiger partial charge on any atom is -0.480 e. The van der Waals surface area contributed by atoms with Gasteiger partial charge in [0.25, 0.3) is 5.56 Å². The van der Waals surface area contributed by atoms with E-state index < -0.39 is 117 Å². The number of rotatable bonds is 9. The molecule has 12 atom stereocenters. The van der Waals surface area contributed by atoms with Crippen LogP contribution in [0.2, 0.25) is 0 Å². The van der Waals surface area contributed by atoms with Crippen LogP contribution in [0, 0.1) is 0 Å². The van der Waals surface area contributed by atoms with Gasteiger partial charge < -0.3 is 60.2 Å². The average molecular weight is 656 g/mol. The minimum absolute atomic E-state index is 0.428. The molecule has 22 heteroatoms. The lowest BCUT2D eigenvalue weighted by molar-refractivity contribution is -0.233. The van der Waals surface area contributed by atoms with E-state index in [1.54, 1.807) is 0 Å². The summed E-state index contributed by atoms with van der Waals surface area (Å²) in [5.41, 5.74) is 3.82. The number of H-pyrrole nitrogens is 1. The Balaban J connectivity index is 1.76. The molecule has 3 aliphatic heterocycles. The van der Waals surface area contributed by atoms with Crippen LogP contribution in [0.15, 0.2) is 21.9 Å². The Labute approximate surface area is 247 Å². The molecule has 3 saturated heterocycles. The highest BCUT2D eigenvalue weighted by Gasteiger charge is 2.57. The number of amides is 1. The highest BCUT2D eigenvalue weighted by molar-refractivity contribution is 7.46. The number of carbonyl (C=O) groups is 2. The summed E-state index contributed by atoms with van der Waals surface area (Å²) in [4.78, 5) is 72.1. The summed E-state index contributed by atoms with van der Waals surface area (Å²) in [5.74, 6) is -2.52. The van der Waals surface area contributed by atoms with Crippen LogP contribution in [0.4, 0.5) is 0 Å². The Hall–Kier alpha value is -2.63. The van der Waals surface area contributed by atoms with Crippen LogP contribution >= 0.6 is 7.82 Å². The number of phosphoric ester groups is 1. The van der Waals surface area contributed by atoms with Crippen molar-refractivity contribution in [1.82, 2.24) is 19.4 Å². The predicted octanol–water partition coefficient (Wildman–Crippen LogP) is -6.35. The number of likely N-dealkylation sites (N-methyl/N-ethyl adjacent to an activating group) is 2. The SMILES string of the molecule is CN1C[C@H](O)[C@@H](C(=O)O)N(C)C(=O)[C@@H]1C(O[C@@H]1O[C@H](CN)[C@@H](OP(=O)(O)O)[C@H]1O)[C@H]1O[C@@H](n2ccc(=O)[nH]c2=O)[C@H](O)[C@@H]1O. The molecule has 10 N–H and O–H groups in total. The van der Waals surface area contributed by atoms with Crippen molar-refractivity contribution in [2.45, 2.75) is 73.4 Å². The largest absolute Gasteiger partial charge is 0.480 e. The molecular formula is C22H34N5O16P. The second-order valence-electron chi connectivity index (χ2n) is 10.6. The van der Waals surface area contributed by atoms with E-state index >= 15 is 0 Å². The number of aliphatic hydroxyl groups is 4. The summed E-state index contributed by atoms with van der Waals surface area (Å²) >= 11 is 0. The summed E-state index contributed by atoms with van der Waals surface area (Å²) in [5, 5.41) is 53.1. The van der Waals surface area contributed by atoms with Crippen molar-refractivity contribution in [3.8, 4) is 0 Å². The van der Waals surface area contributed by atoms with E-state index in [4.69, 9.17) is 19.9 Å². The van der Waals surface area contributed by atoms with Crippen molar-refractivity contribution in [2.75, 3.05) is 27.2 Å². The number of hydrogen-bond acceptors (Lipinski definition) is 15. The molecule has 44 heavy (non-hydrogen) atoms. The quantitative estimate of drug-likeness (QED) is 0.112. The maximum atomic E-state index is 13.8. The van der Waals surface area contributed by atoms with Crippen molar-refractivity contribution in [2.24, 2.45) is 5.73 Å². The van der Waals surface area contributed by atoms with E-state index in [0.29, 0.717) is 4.90 Å². The zero-order chi connectivity index (χ0) is 32.8. The van der Waals surface area contributed by atoms with E-state index in [0.717, 1.165) is 23.9 Å². The molecule has 1 unspecified atom stereocenters. The van der Waals surface area contributed by atoms with Gasteiger partial charge in [0.15, 0.2) is 18.6 Å². The van der Waals surface area contributed by atoms with Gasteiger partial charge in [-0.05, 0) is 7.05 Å². The van der Waals surface area contributed by atoms with Gasteiger partial charge in [0.05, 0.1) is 6.10 Å². The van der Waals surface area contributed by atoms with Gasteiger partial charge in [-0.3, -0.25) is 28.6 Å². The standard InChI is InChI=1S/C22H34N5O16P/c1-25-6-7(28)10(20(34)35)26(2)18(33)11(25)16(42-21-14(32)15(8(5-23)40-21)43-44(37,38)39)17-12(30)13(31)19(41-17)27-4-3-9(29)24-22(27)36/h3-4,7-8,10-17,19,21,28,30-32H,5-6,23H2,1-2H3,(H,34,35)(H,24,29,36)(H2,37,38,39)/t7-,8+,10-,11-,12-,13+,14+,15+,16?,17-,19+,21-/m0/s1. The number of carbonyl (C=O) groups excluding carboxylic acids is 1. The topological polar surface area (TPSA) is 317 Å². The number of β-amino-alcohol motifs (C(OH)–C–C–N with tert-alkyl or cyclic N) is 1. The normalized spacial score (nSPS) is 37.7. The van der Waals surface area contributed by atoms with E-state index in [1.807, 2.05) is 4.98 Å². The molecule has 3 fully saturated rings. The Kier molecular flexibility index (Phi) is 10.1. The van der Waals surface area contributed by atoms with Crippen LogP contribution in [0.5, 0.6) is 0 Å². The van der Waals surface area contributed by atoms with Crippen molar-refractivity contribution < 1.29 is 68.2 Å². The number of aromatic nitrogens is 2. The van der Waals surface area contributed by atoms with Gasteiger partial charge in [0.1, 0.15) is 48.8 Å². The van der Waals surface area contributed by atoms with Crippen LogP contribution < -0.4 is 17.0 Å². The number of nitrogens with zero attached hydrogens (tertiary/aromatic N) is 3. The Bertz CT molecular complexity index is 1390. The smallest absolute Gasteiger partial charge is 0.470 e. The van der Waals surface area contributed by atoms with Crippen LogP contribution in [0.25, 0.3) is 0 Å². The highest BCUT2D eigenvalue weighted by atomic mass is 31.2. The first-order valence-corrected chi connectivity index (χ1v) is 14.6. The molecule has 4 heterocycles. The number of carboxylic acids is 1. The van der Waals surface area contributed by atoms with Gasteiger partial charge in [0.2, 0.25) is 5.91 Å². The zero-order valence-corrected chi connectivity index (χ0v) is 24.1. The molecule has 0 aromatic carbocycles. The van der Waals surface area contributed by atoms with Crippen molar-refractivity contribution in [3.63, 3.8) is 0 Å². The van der Waals surface area contributed by atoms with Crippen molar-refractivity contribution in [3.05, 3.63) is 33.1 Å². The Morgan fingerprint density at radius 1 is 1.14 bits per heavy atom. The van der Waals surface area contributed by atoms with Crippen LogP contribution in [-0.2, 0) is 32.9 Å². The number of aliphatic hydroxyl groups excluding tert-OH is 4. The third kappa shape index (κ3) is 6.65. The van der Waals surface area contributed by atoms with Gasteiger partial charge >= 0.3 is 19.5 Å². The van der Waals surface area contributed by atoms with Gasteiger partial charge in [-0.1, -0.05) is 0 Å². The number of nitrogens with two attached hydrogens (primary N) is 1. The van der Waals surface area contributed by atoms with Crippen LogP contribution in [0.3, 0.4) is 0 Å². The molecular weight excluding hydrogens is 621 g/mol. The highest BCUT2D eigenvalue weighted by Crippen LogP contribution is 2.43. The fourth-order valence-electron chi connectivity index (χ4n) is 5.62.